The van der Waals surface area contributed by atoms with Crippen LogP contribution >= 0.6 is 0 Å². The molecule has 0 saturated heterocycles. The van der Waals surface area contributed by atoms with E-state index in [9.17, 15) is 0 Å². The lowest BCUT2D eigenvalue weighted by Gasteiger charge is -2.17. The third-order valence-corrected chi connectivity index (χ3v) is 4.24. The predicted octanol–water partition coefficient (Wildman–Crippen LogP) is 4.86. The molecule has 3 aromatic rings. The van der Waals surface area contributed by atoms with Crippen LogP contribution in [0.1, 0.15) is 25.1 Å². The van der Waals surface area contributed by atoms with E-state index in [0.29, 0.717) is 0 Å². The fourth-order valence-electron chi connectivity index (χ4n) is 2.73. The molecule has 0 saturated carbocycles. The number of nitrogens with one attached hydrogen (secondary N) is 2. The van der Waals surface area contributed by atoms with E-state index in [4.69, 9.17) is 0 Å². The maximum absolute atomic E-state index is 4.47. The highest BCUT2D eigenvalue weighted by molar-refractivity contribution is 5.65. The topological polar surface area (TPSA) is 37.0 Å². The average Bonchev–Trinajstić information content (AvgIpc) is 2.68. The van der Waals surface area contributed by atoms with Crippen molar-refractivity contribution < 1.29 is 0 Å². The number of hydrogen-bond donors (Lipinski definition) is 2. The second kappa shape index (κ2) is 8.45. The Labute approximate surface area is 150 Å². The standard InChI is InChI=1S/C22H25N3/c1-3-21-12-11-20(16-24-21)19-9-13-22(14-10-19)25-17(2)23-15-18-7-5-4-6-8-18/h4-14,16-17,23,25H,3,15H2,1-2H3/t17-/m1/s1. The third-order valence-electron chi connectivity index (χ3n) is 4.24. The van der Waals surface area contributed by atoms with Gasteiger partial charge in [0.15, 0.2) is 0 Å². The summed E-state index contributed by atoms with van der Waals surface area (Å²) in [5, 5.41) is 6.97. The molecule has 0 bridgehead atoms. The van der Waals surface area contributed by atoms with Crippen molar-refractivity contribution in [2.75, 3.05) is 5.32 Å². The van der Waals surface area contributed by atoms with Crippen LogP contribution in [-0.2, 0) is 13.0 Å². The Balaban J connectivity index is 1.56. The summed E-state index contributed by atoms with van der Waals surface area (Å²) in [6.07, 6.45) is 3.11. The highest BCUT2D eigenvalue weighted by Gasteiger charge is 2.03. The molecule has 0 amide bonds. The molecule has 0 fully saturated rings. The highest BCUT2D eigenvalue weighted by atomic mass is 15.1. The van der Waals surface area contributed by atoms with Crippen LogP contribution < -0.4 is 10.6 Å². The summed E-state index contributed by atoms with van der Waals surface area (Å²) in [5.74, 6) is 0. The minimum absolute atomic E-state index is 0.191. The summed E-state index contributed by atoms with van der Waals surface area (Å²) >= 11 is 0. The lowest BCUT2D eigenvalue weighted by Crippen LogP contribution is -2.32. The predicted molar refractivity (Wildman–Crippen MR) is 105 cm³/mol. The van der Waals surface area contributed by atoms with Gasteiger partial charge in [0.25, 0.3) is 0 Å². The minimum Gasteiger partial charge on any atom is -0.370 e. The zero-order chi connectivity index (χ0) is 17.5. The monoisotopic (exact) mass is 331 g/mol. The molecule has 2 aromatic carbocycles. The van der Waals surface area contributed by atoms with E-state index in [-0.39, 0.29) is 6.17 Å². The summed E-state index contributed by atoms with van der Waals surface area (Å²) in [7, 11) is 0. The van der Waals surface area contributed by atoms with Crippen LogP contribution in [0.15, 0.2) is 72.9 Å². The zero-order valence-corrected chi connectivity index (χ0v) is 14.9. The van der Waals surface area contributed by atoms with Gasteiger partial charge >= 0.3 is 0 Å². The highest BCUT2D eigenvalue weighted by Crippen LogP contribution is 2.21. The van der Waals surface area contributed by atoms with Crippen molar-refractivity contribution in [1.82, 2.24) is 10.3 Å². The van der Waals surface area contributed by atoms with Crippen molar-refractivity contribution in [2.45, 2.75) is 33.0 Å². The first kappa shape index (κ1) is 17.2. The van der Waals surface area contributed by atoms with E-state index < -0.39 is 0 Å². The van der Waals surface area contributed by atoms with Gasteiger partial charge in [-0.05, 0) is 42.7 Å². The van der Waals surface area contributed by atoms with Crippen molar-refractivity contribution >= 4 is 5.69 Å². The molecule has 1 aromatic heterocycles. The molecule has 3 rings (SSSR count). The first-order valence-electron chi connectivity index (χ1n) is 8.84. The average molecular weight is 331 g/mol. The van der Waals surface area contributed by atoms with Gasteiger partial charge in [0, 0.05) is 29.7 Å². The lowest BCUT2D eigenvalue weighted by molar-refractivity contribution is 0.600. The maximum atomic E-state index is 4.47. The molecule has 25 heavy (non-hydrogen) atoms. The Morgan fingerprint density at radius 3 is 2.24 bits per heavy atom. The fourth-order valence-corrected chi connectivity index (χ4v) is 2.73. The quantitative estimate of drug-likeness (QED) is 0.607. The van der Waals surface area contributed by atoms with Crippen molar-refractivity contribution in [3.63, 3.8) is 0 Å². The van der Waals surface area contributed by atoms with Gasteiger partial charge in [-0.25, -0.2) is 0 Å². The largest absolute Gasteiger partial charge is 0.370 e. The van der Waals surface area contributed by atoms with Crippen LogP contribution in [-0.4, -0.2) is 11.1 Å². The molecule has 1 heterocycles. The van der Waals surface area contributed by atoms with Gasteiger partial charge in [-0.2, -0.15) is 0 Å². The minimum atomic E-state index is 0.191. The van der Waals surface area contributed by atoms with Crippen LogP contribution in [0.3, 0.4) is 0 Å². The molecule has 3 heteroatoms. The number of pyridine rings is 1. The summed E-state index contributed by atoms with van der Waals surface area (Å²) < 4.78 is 0. The molecular formula is C22H25N3. The molecule has 0 aliphatic rings. The summed E-state index contributed by atoms with van der Waals surface area (Å²) in [4.78, 5) is 4.47. The van der Waals surface area contributed by atoms with E-state index in [1.165, 1.54) is 11.1 Å². The van der Waals surface area contributed by atoms with Crippen LogP contribution in [0, 0.1) is 0 Å². The molecule has 1 atom stereocenters. The van der Waals surface area contributed by atoms with E-state index in [2.05, 4.69) is 90.1 Å². The summed E-state index contributed by atoms with van der Waals surface area (Å²) in [5.41, 5.74) is 5.86. The van der Waals surface area contributed by atoms with Gasteiger partial charge in [0.1, 0.15) is 0 Å². The molecule has 0 spiro atoms. The van der Waals surface area contributed by atoms with Crippen molar-refractivity contribution in [3.05, 3.63) is 84.2 Å². The van der Waals surface area contributed by atoms with Gasteiger partial charge in [-0.3, -0.25) is 10.3 Å². The van der Waals surface area contributed by atoms with Crippen molar-refractivity contribution in [1.29, 1.82) is 0 Å². The van der Waals surface area contributed by atoms with Crippen molar-refractivity contribution in [3.8, 4) is 11.1 Å². The van der Waals surface area contributed by atoms with Gasteiger partial charge in [0.05, 0.1) is 6.17 Å². The number of aromatic nitrogens is 1. The molecule has 128 valence electrons. The molecule has 2 N–H and O–H groups in total. The number of aryl methyl sites for hydroxylation is 1. The van der Waals surface area contributed by atoms with E-state index in [1.54, 1.807) is 0 Å². The second-order valence-corrected chi connectivity index (χ2v) is 6.20. The third kappa shape index (κ3) is 4.91. The van der Waals surface area contributed by atoms with Gasteiger partial charge in [-0.15, -0.1) is 0 Å². The lowest BCUT2D eigenvalue weighted by atomic mass is 10.1. The second-order valence-electron chi connectivity index (χ2n) is 6.20. The normalized spacial score (nSPS) is 11.9. The number of rotatable bonds is 7. The number of benzene rings is 2. The van der Waals surface area contributed by atoms with Gasteiger partial charge < -0.3 is 5.32 Å². The summed E-state index contributed by atoms with van der Waals surface area (Å²) in [6.45, 7) is 5.10. The van der Waals surface area contributed by atoms with Crippen molar-refractivity contribution in [2.24, 2.45) is 0 Å². The Morgan fingerprint density at radius 1 is 0.880 bits per heavy atom. The Kier molecular flexibility index (Phi) is 5.81. The van der Waals surface area contributed by atoms with Crippen LogP contribution in [0.4, 0.5) is 5.69 Å². The summed E-state index contributed by atoms with van der Waals surface area (Å²) in [6, 6.07) is 23.2. The first-order valence-corrected chi connectivity index (χ1v) is 8.84. The first-order chi connectivity index (χ1) is 12.2. The van der Waals surface area contributed by atoms with Crippen LogP contribution in [0.2, 0.25) is 0 Å². The Bertz CT molecular complexity index is 765. The molecule has 0 unspecified atom stereocenters. The van der Waals surface area contributed by atoms with Gasteiger partial charge in [0.2, 0.25) is 0 Å². The smallest absolute Gasteiger partial charge is 0.0741 e. The molecule has 0 aliphatic carbocycles. The fraction of sp³-hybridized carbons (Fsp3) is 0.227. The number of anilines is 1. The molecular weight excluding hydrogens is 306 g/mol. The Morgan fingerprint density at radius 2 is 1.60 bits per heavy atom. The van der Waals surface area contributed by atoms with E-state index in [0.717, 1.165) is 29.9 Å². The molecule has 0 aliphatic heterocycles. The number of hydrogen-bond acceptors (Lipinski definition) is 3. The Hall–Kier alpha value is -2.65. The van der Waals surface area contributed by atoms with E-state index >= 15 is 0 Å². The number of nitrogens with zero attached hydrogens (tertiary/aromatic N) is 1. The van der Waals surface area contributed by atoms with Crippen LogP contribution in [0.25, 0.3) is 11.1 Å². The molecule has 3 nitrogen and oxygen atoms in total. The zero-order valence-electron chi connectivity index (χ0n) is 14.9. The SMILES string of the molecule is CCc1ccc(-c2ccc(N[C@H](C)NCc3ccccc3)cc2)cn1. The van der Waals surface area contributed by atoms with E-state index in [1.807, 2.05) is 12.3 Å². The van der Waals surface area contributed by atoms with Crippen LogP contribution in [0.5, 0.6) is 0 Å². The molecule has 0 radical (unpaired) electrons. The van der Waals surface area contributed by atoms with Gasteiger partial charge in [-0.1, -0.05) is 55.5 Å². The maximum Gasteiger partial charge on any atom is 0.0741 e.